The summed E-state index contributed by atoms with van der Waals surface area (Å²) < 4.78 is 10.5. The molecule has 0 aliphatic heterocycles. The van der Waals surface area contributed by atoms with Crippen LogP contribution < -0.4 is 14.8 Å². The van der Waals surface area contributed by atoms with Gasteiger partial charge in [-0.2, -0.15) is 0 Å². The van der Waals surface area contributed by atoms with Gasteiger partial charge in [-0.05, 0) is 49.2 Å². The molecule has 0 bridgehead atoms. The number of ether oxygens (including phenoxy) is 2. The Morgan fingerprint density at radius 3 is 2.68 bits per heavy atom. The summed E-state index contributed by atoms with van der Waals surface area (Å²) in [6, 6.07) is 11.3. The predicted octanol–water partition coefficient (Wildman–Crippen LogP) is 3.46. The molecule has 0 saturated heterocycles. The van der Waals surface area contributed by atoms with E-state index in [1.54, 1.807) is 14.2 Å². The van der Waals surface area contributed by atoms with E-state index in [4.69, 9.17) is 9.47 Å². The van der Waals surface area contributed by atoms with Crippen molar-refractivity contribution < 1.29 is 14.3 Å². The van der Waals surface area contributed by atoms with Gasteiger partial charge >= 0.3 is 0 Å². The third kappa shape index (κ3) is 3.91. The Balaban J connectivity index is 1.62. The van der Waals surface area contributed by atoms with Crippen molar-refractivity contribution >= 4 is 22.6 Å². The van der Waals surface area contributed by atoms with Crippen LogP contribution in [0, 0.1) is 6.92 Å². The highest BCUT2D eigenvalue weighted by atomic mass is 16.5. The van der Waals surface area contributed by atoms with Crippen LogP contribution in [-0.2, 0) is 11.2 Å². The second-order valence-electron chi connectivity index (χ2n) is 5.79. The van der Waals surface area contributed by atoms with Gasteiger partial charge in [0.15, 0.2) is 11.5 Å². The number of hydrogen-bond donors (Lipinski definition) is 2. The highest BCUT2D eigenvalue weighted by molar-refractivity contribution is 5.93. The largest absolute Gasteiger partial charge is 0.493 e. The molecule has 3 aromatic rings. The first kappa shape index (κ1) is 16.8. The summed E-state index contributed by atoms with van der Waals surface area (Å²) in [5, 5.41) is 2.92. The first-order valence-corrected chi connectivity index (χ1v) is 8.06. The third-order valence-corrected chi connectivity index (χ3v) is 3.97. The molecule has 3 rings (SSSR count). The molecule has 25 heavy (non-hydrogen) atoms. The van der Waals surface area contributed by atoms with Crippen LogP contribution in [0.1, 0.15) is 17.8 Å². The van der Waals surface area contributed by atoms with Crippen molar-refractivity contribution in [2.45, 2.75) is 19.8 Å². The van der Waals surface area contributed by atoms with Crippen LogP contribution in [-0.4, -0.2) is 30.1 Å². The van der Waals surface area contributed by atoms with Gasteiger partial charge < -0.3 is 19.8 Å². The molecule has 0 unspecified atom stereocenters. The zero-order valence-corrected chi connectivity index (χ0v) is 14.6. The molecule has 0 spiro atoms. The van der Waals surface area contributed by atoms with Crippen molar-refractivity contribution in [1.29, 1.82) is 0 Å². The molecular weight excluding hydrogens is 318 g/mol. The molecule has 1 aromatic heterocycles. The molecule has 6 nitrogen and oxygen atoms in total. The number of hydrogen-bond acceptors (Lipinski definition) is 4. The summed E-state index contributed by atoms with van der Waals surface area (Å²) in [5.74, 6) is 2.16. The Bertz CT molecular complexity index is 902. The smallest absolute Gasteiger partial charge is 0.224 e. The normalized spacial score (nSPS) is 10.7. The molecule has 0 fully saturated rings. The molecule has 0 atom stereocenters. The van der Waals surface area contributed by atoms with Crippen molar-refractivity contribution in [3.8, 4) is 11.5 Å². The molecule has 0 radical (unpaired) electrons. The number of methoxy groups -OCH3 is 2. The molecule has 0 saturated carbocycles. The maximum atomic E-state index is 12.2. The highest BCUT2D eigenvalue weighted by Gasteiger charge is 2.08. The summed E-state index contributed by atoms with van der Waals surface area (Å²) in [5.41, 5.74) is 3.58. The molecule has 0 aliphatic rings. The van der Waals surface area contributed by atoms with Gasteiger partial charge in [0, 0.05) is 12.1 Å². The average molecular weight is 339 g/mol. The van der Waals surface area contributed by atoms with Crippen LogP contribution in [0.2, 0.25) is 0 Å². The average Bonchev–Trinajstić information content (AvgIpc) is 2.99. The molecular formula is C19H21N3O3. The van der Waals surface area contributed by atoms with Gasteiger partial charge in [-0.1, -0.05) is 6.07 Å². The van der Waals surface area contributed by atoms with Crippen LogP contribution in [0.4, 0.5) is 5.69 Å². The van der Waals surface area contributed by atoms with E-state index in [1.807, 2.05) is 43.3 Å². The van der Waals surface area contributed by atoms with Crippen molar-refractivity contribution in [1.82, 2.24) is 9.97 Å². The number of H-pyrrole nitrogens is 1. The number of imidazole rings is 1. The quantitative estimate of drug-likeness (QED) is 0.721. The first-order valence-electron chi connectivity index (χ1n) is 8.06. The lowest BCUT2D eigenvalue weighted by Gasteiger charge is -2.10. The number of nitrogens with one attached hydrogen (secondary N) is 2. The number of aromatic nitrogens is 2. The minimum atomic E-state index is -0.0367. The molecule has 0 aliphatic carbocycles. The fraction of sp³-hybridized carbons (Fsp3) is 0.263. The molecule has 2 N–H and O–H groups in total. The lowest BCUT2D eigenvalue weighted by Crippen LogP contribution is -2.12. The number of benzene rings is 2. The maximum Gasteiger partial charge on any atom is 0.224 e. The van der Waals surface area contributed by atoms with E-state index in [0.29, 0.717) is 24.3 Å². The van der Waals surface area contributed by atoms with E-state index >= 15 is 0 Å². The van der Waals surface area contributed by atoms with Gasteiger partial charge in [-0.3, -0.25) is 4.79 Å². The standard InChI is InChI=1S/C19H21N3O3/c1-12-20-15-7-6-14(11-16(15)21-12)22-19(23)9-5-13-4-8-17(24-2)18(10-13)25-3/h4,6-8,10-11H,5,9H2,1-3H3,(H,20,21)(H,22,23). The molecule has 2 aromatic carbocycles. The minimum absolute atomic E-state index is 0.0367. The van der Waals surface area contributed by atoms with Crippen molar-refractivity contribution in [2.75, 3.05) is 19.5 Å². The number of aryl methyl sites for hydroxylation is 2. The van der Waals surface area contributed by atoms with Gasteiger partial charge in [0.05, 0.1) is 25.3 Å². The topological polar surface area (TPSA) is 76.2 Å². The number of aromatic amines is 1. The number of fused-ring (bicyclic) bond motifs is 1. The molecule has 6 heteroatoms. The lowest BCUT2D eigenvalue weighted by atomic mass is 10.1. The van der Waals surface area contributed by atoms with Crippen molar-refractivity contribution in [3.63, 3.8) is 0 Å². The summed E-state index contributed by atoms with van der Waals surface area (Å²) in [6.07, 6.45) is 1.01. The molecule has 1 amide bonds. The first-order chi connectivity index (χ1) is 12.1. The predicted molar refractivity (Wildman–Crippen MR) is 97.3 cm³/mol. The second kappa shape index (κ2) is 7.25. The fourth-order valence-corrected chi connectivity index (χ4v) is 2.73. The summed E-state index contributed by atoms with van der Waals surface area (Å²) in [4.78, 5) is 19.7. The van der Waals surface area contributed by atoms with E-state index in [0.717, 1.165) is 28.1 Å². The van der Waals surface area contributed by atoms with Gasteiger partial charge in [-0.25, -0.2) is 4.98 Å². The fourth-order valence-electron chi connectivity index (χ4n) is 2.73. The van der Waals surface area contributed by atoms with Crippen molar-refractivity contribution in [2.24, 2.45) is 0 Å². The third-order valence-electron chi connectivity index (χ3n) is 3.97. The second-order valence-corrected chi connectivity index (χ2v) is 5.79. The SMILES string of the molecule is COc1ccc(CCC(=O)Nc2ccc3nc(C)[nH]c3c2)cc1OC. The van der Waals surface area contributed by atoms with Crippen LogP contribution in [0.3, 0.4) is 0 Å². The summed E-state index contributed by atoms with van der Waals surface area (Å²) in [6.45, 7) is 1.90. The Morgan fingerprint density at radius 2 is 1.92 bits per heavy atom. The van der Waals surface area contributed by atoms with Gasteiger partial charge in [0.1, 0.15) is 5.82 Å². The molecule has 1 heterocycles. The Kier molecular flexibility index (Phi) is 4.88. The van der Waals surface area contributed by atoms with Crippen LogP contribution in [0.15, 0.2) is 36.4 Å². The van der Waals surface area contributed by atoms with Crippen LogP contribution in [0.5, 0.6) is 11.5 Å². The number of carbonyl (C=O) groups is 1. The zero-order chi connectivity index (χ0) is 17.8. The number of amides is 1. The van der Waals surface area contributed by atoms with Gasteiger partial charge in [-0.15, -0.1) is 0 Å². The zero-order valence-electron chi connectivity index (χ0n) is 14.6. The van der Waals surface area contributed by atoms with E-state index < -0.39 is 0 Å². The number of nitrogens with zero attached hydrogens (tertiary/aromatic N) is 1. The number of carbonyl (C=O) groups excluding carboxylic acids is 1. The number of rotatable bonds is 6. The van der Waals surface area contributed by atoms with Crippen LogP contribution >= 0.6 is 0 Å². The Morgan fingerprint density at radius 1 is 1.12 bits per heavy atom. The molecule has 130 valence electrons. The lowest BCUT2D eigenvalue weighted by molar-refractivity contribution is -0.116. The van der Waals surface area contributed by atoms with Gasteiger partial charge in [0.25, 0.3) is 0 Å². The summed E-state index contributed by atoms with van der Waals surface area (Å²) >= 11 is 0. The summed E-state index contributed by atoms with van der Waals surface area (Å²) in [7, 11) is 3.20. The van der Waals surface area contributed by atoms with Crippen molar-refractivity contribution in [3.05, 3.63) is 47.8 Å². The Hall–Kier alpha value is -3.02. The van der Waals surface area contributed by atoms with E-state index in [9.17, 15) is 4.79 Å². The minimum Gasteiger partial charge on any atom is -0.493 e. The van der Waals surface area contributed by atoms with Crippen LogP contribution in [0.25, 0.3) is 11.0 Å². The van der Waals surface area contributed by atoms with E-state index in [1.165, 1.54) is 0 Å². The van der Waals surface area contributed by atoms with E-state index in [2.05, 4.69) is 15.3 Å². The maximum absolute atomic E-state index is 12.2. The highest BCUT2D eigenvalue weighted by Crippen LogP contribution is 2.28. The monoisotopic (exact) mass is 339 g/mol. The van der Waals surface area contributed by atoms with E-state index in [-0.39, 0.29) is 5.91 Å². The Labute approximate surface area is 146 Å². The van der Waals surface area contributed by atoms with Gasteiger partial charge in [0.2, 0.25) is 5.91 Å². The number of anilines is 1.